The first kappa shape index (κ1) is 9.98. The number of ketones is 1. The molecular weight excluding hydrogens is 172 g/mol. The summed E-state index contributed by atoms with van der Waals surface area (Å²) in [6.45, 7) is 2.77. The van der Waals surface area contributed by atoms with Crippen LogP contribution in [0.15, 0.2) is 0 Å². The Kier molecular flexibility index (Phi) is 2.87. The Hall–Kier alpha value is -1.10. The van der Waals surface area contributed by atoms with Crippen LogP contribution in [0.1, 0.15) is 19.8 Å². The van der Waals surface area contributed by atoms with Crippen LogP contribution >= 0.6 is 0 Å². The lowest BCUT2D eigenvalue weighted by Crippen LogP contribution is -2.50. The van der Waals surface area contributed by atoms with Gasteiger partial charge in [-0.15, -0.1) is 0 Å². The first-order chi connectivity index (χ1) is 6.07. The summed E-state index contributed by atoms with van der Waals surface area (Å²) in [4.78, 5) is 21.9. The number of primary amides is 1. The van der Waals surface area contributed by atoms with E-state index in [1.54, 1.807) is 0 Å². The second kappa shape index (κ2) is 3.74. The number of nitrogens with two attached hydrogens (primary N) is 1. The molecule has 5 heteroatoms. The van der Waals surface area contributed by atoms with Crippen LogP contribution in [-0.2, 0) is 9.53 Å². The molecule has 1 heterocycles. The summed E-state index contributed by atoms with van der Waals surface area (Å²) in [5.74, 6) is -0.132. The predicted octanol–water partition coefficient (Wildman–Crippen LogP) is -0.207. The third-order valence-corrected chi connectivity index (χ3v) is 2.35. The molecule has 0 saturated carbocycles. The summed E-state index contributed by atoms with van der Waals surface area (Å²) in [6, 6.07) is 0. The molecule has 1 amide bonds. The van der Waals surface area contributed by atoms with Crippen molar-refractivity contribution < 1.29 is 14.3 Å². The molecule has 5 nitrogen and oxygen atoms in total. The van der Waals surface area contributed by atoms with Gasteiger partial charge in [-0.25, -0.2) is 4.79 Å². The number of ether oxygens (including phenoxy) is 1. The molecule has 0 radical (unpaired) electrons. The number of piperidine rings is 1. The second-order valence-electron chi connectivity index (χ2n) is 3.22. The van der Waals surface area contributed by atoms with E-state index >= 15 is 0 Å². The van der Waals surface area contributed by atoms with Gasteiger partial charge in [-0.1, -0.05) is 0 Å². The Morgan fingerprint density at radius 2 is 1.92 bits per heavy atom. The molecule has 1 aliphatic heterocycles. The van der Waals surface area contributed by atoms with Gasteiger partial charge in [0.15, 0.2) is 11.4 Å². The molecule has 0 bridgehead atoms. The van der Waals surface area contributed by atoms with Crippen LogP contribution in [0, 0.1) is 0 Å². The van der Waals surface area contributed by atoms with E-state index in [0.29, 0.717) is 25.9 Å². The summed E-state index contributed by atoms with van der Waals surface area (Å²) in [7, 11) is 0. The van der Waals surface area contributed by atoms with Crippen LogP contribution in [0.5, 0.6) is 0 Å². The van der Waals surface area contributed by atoms with Crippen molar-refractivity contribution in [1.82, 2.24) is 5.32 Å². The smallest absolute Gasteiger partial charge is 0.405 e. The Balaban J connectivity index is 2.73. The summed E-state index contributed by atoms with van der Waals surface area (Å²) in [5, 5.41) is 3.08. The lowest BCUT2D eigenvalue weighted by atomic mass is 9.88. The molecule has 0 atom stereocenters. The van der Waals surface area contributed by atoms with Gasteiger partial charge in [0.1, 0.15) is 0 Å². The van der Waals surface area contributed by atoms with E-state index in [9.17, 15) is 9.59 Å². The number of hydrogen-bond acceptors (Lipinski definition) is 4. The minimum absolute atomic E-state index is 0.132. The first-order valence-electron chi connectivity index (χ1n) is 4.27. The van der Waals surface area contributed by atoms with Crippen molar-refractivity contribution in [2.75, 3.05) is 13.1 Å². The van der Waals surface area contributed by atoms with Crippen molar-refractivity contribution in [1.29, 1.82) is 0 Å². The molecule has 3 N–H and O–H groups in total. The van der Waals surface area contributed by atoms with Crippen LogP contribution in [0.25, 0.3) is 0 Å². The number of Topliss-reactive ketones (excluding diaryl/α,β-unsaturated/α-hetero) is 1. The van der Waals surface area contributed by atoms with E-state index in [1.807, 2.05) is 0 Å². The maximum atomic E-state index is 11.3. The van der Waals surface area contributed by atoms with Gasteiger partial charge < -0.3 is 15.8 Å². The molecule has 0 spiro atoms. The quantitative estimate of drug-likeness (QED) is 0.625. The summed E-state index contributed by atoms with van der Waals surface area (Å²) in [6.07, 6.45) is 0.133. The fraction of sp³-hybridized carbons (Fsp3) is 0.750. The van der Waals surface area contributed by atoms with Gasteiger partial charge in [-0.2, -0.15) is 0 Å². The molecule has 0 aromatic carbocycles. The first-order valence-corrected chi connectivity index (χ1v) is 4.27. The van der Waals surface area contributed by atoms with E-state index in [0.717, 1.165) is 0 Å². The molecule has 74 valence electrons. The number of rotatable bonds is 2. The minimum Gasteiger partial charge on any atom is -0.435 e. The van der Waals surface area contributed by atoms with Crippen molar-refractivity contribution in [3.63, 3.8) is 0 Å². The van der Waals surface area contributed by atoms with Crippen LogP contribution in [-0.4, -0.2) is 30.6 Å². The molecule has 1 saturated heterocycles. The van der Waals surface area contributed by atoms with Crippen LogP contribution < -0.4 is 11.1 Å². The molecule has 0 aromatic heterocycles. The van der Waals surface area contributed by atoms with Gasteiger partial charge in [0, 0.05) is 12.8 Å². The Morgan fingerprint density at radius 1 is 1.38 bits per heavy atom. The lowest BCUT2D eigenvalue weighted by Gasteiger charge is -2.33. The van der Waals surface area contributed by atoms with Gasteiger partial charge in [0.05, 0.1) is 0 Å². The summed E-state index contributed by atoms with van der Waals surface area (Å²) in [5.41, 5.74) is 3.94. The van der Waals surface area contributed by atoms with Crippen molar-refractivity contribution in [2.45, 2.75) is 25.4 Å². The minimum atomic E-state index is -0.975. The van der Waals surface area contributed by atoms with Crippen LogP contribution in [0.2, 0.25) is 0 Å². The number of carbonyl (C=O) groups excluding carboxylic acids is 2. The van der Waals surface area contributed by atoms with E-state index < -0.39 is 11.7 Å². The van der Waals surface area contributed by atoms with Gasteiger partial charge in [0.25, 0.3) is 0 Å². The average Bonchev–Trinajstić information content (AvgIpc) is 2.04. The third-order valence-electron chi connectivity index (χ3n) is 2.35. The molecular formula is C8H14N2O3. The Bertz CT molecular complexity index is 221. The lowest BCUT2D eigenvalue weighted by molar-refractivity contribution is -0.137. The van der Waals surface area contributed by atoms with E-state index in [1.165, 1.54) is 6.92 Å². The number of amides is 1. The maximum Gasteiger partial charge on any atom is 0.405 e. The van der Waals surface area contributed by atoms with Gasteiger partial charge in [-0.05, 0) is 20.0 Å². The zero-order valence-corrected chi connectivity index (χ0v) is 7.63. The highest BCUT2D eigenvalue weighted by molar-refractivity contribution is 5.87. The molecule has 13 heavy (non-hydrogen) atoms. The zero-order valence-electron chi connectivity index (χ0n) is 7.63. The monoisotopic (exact) mass is 186 g/mol. The second-order valence-corrected chi connectivity index (χ2v) is 3.22. The fourth-order valence-corrected chi connectivity index (χ4v) is 1.55. The molecule has 0 aliphatic carbocycles. The van der Waals surface area contributed by atoms with Gasteiger partial charge in [0.2, 0.25) is 0 Å². The fourth-order valence-electron chi connectivity index (χ4n) is 1.55. The number of hydrogen-bond donors (Lipinski definition) is 2. The van der Waals surface area contributed by atoms with Gasteiger partial charge >= 0.3 is 6.09 Å². The number of nitrogens with one attached hydrogen (secondary N) is 1. The highest BCUT2D eigenvalue weighted by Crippen LogP contribution is 2.24. The van der Waals surface area contributed by atoms with Gasteiger partial charge in [-0.3, -0.25) is 4.79 Å². The highest BCUT2D eigenvalue weighted by Gasteiger charge is 2.40. The molecule has 0 unspecified atom stereocenters. The standard InChI is InChI=1S/C8H14N2O3/c1-6(11)8(13-7(9)12)2-4-10-5-3-8/h10H,2-5H2,1H3,(H2,9,12). The molecule has 1 fully saturated rings. The maximum absolute atomic E-state index is 11.3. The molecule has 0 aromatic rings. The topological polar surface area (TPSA) is 81.4 Å². The highest BCUT2D eigenvalue weighted by atomic mass is 16.6. The summed E-state index contributed by atoms with van der Waals surface area (Å²) < 4.78 is 4.89. The van der Waals surface area contributed by atoms with Crippen molar-refractivity contribution in [3.8, 4) is 0 Å². The Labute approximate surface area is 76.6 Å². The predicted molar refractivity (Wildman–Crippen MR) is 46.2 cm³/mol. The molecule has 1 aliphatic rings. The van der Waals surface area contributed by atoms with E-state index in [-0.39, 0.29) is 5.78 Å². The normalized spacial score (nSPS) is 20.7. The van der Waals surface area contributed by atoms with E-state index in [2.05, 4.69) is 5.32 Å². The molecule has 1 rings (SSSR count). The largest absolute Gasteiger partial charge is 0.435 e. The SMILES string of the molecule is CC(=O)C1(OC(N)=O)CCNCC1. The van der Waals surface area contributed by atoms with Crippen molar-refractivity contribution >= 4 is 11.9 Å². The van der Waals surface area contributed by atoms with Crippen LogP contribution in [0.3, 0.4) is 0 Å². The van der Waals surface area contributed by atoms with Crippen LogP contribution in [0.4, 0.5) is 4.79 Å². The third kappa shape index (κ3) is 2.18. The zero-order chi connectivity index (χ0) is 9.90. The van der Waals surface area contributed by atoms with E-state index in [4.69, 9.17) is 10.5 Å². The van der Waals surface area contributed by atoms with Crippen molar-refractivity contribution in [3.05, 3.63) is 0 Å². The average molecular weight is 186 g/mol. The summed E-state index contributed by atoms with van der Waals surface area (Å²) >= 11 is 0. The Morgan fingerprint density at radius 3 is 2.31 bits per heavy atom. The van der Waals surface area contributed by atoms with Crippen molar-refractivity contribution in [2.24, 2.45) is 5.73 Å². The number of carbonyl (C=O) groups is 2.